The quantitative estimate of drug-likeness (QED) is 0.617. The van der Waals surface area contributed by atoms with Crippen molar-refractivity contribution >= 4 is 0 Å². The van der Waals surface area contributed by atoms with Gasteiger partial charge < -0.3 is 19.9 Å². The number of nitrogens with zero attached hydrogens (tertiary/aromatic N) is 3. The highest BCUT2D eigenvalue weighted by atomic mass is 16.5. The number of aliphatic hydroxyl groups is 1. The van der Waals surface area contributed by atoms with Crippen LogP contribution in [0.15, 0.2) is 6.20 Å². The number of aromatic nitrogens is 3. The number of rotatable bonds is 11. The molecule has 1 aromatic rings. The summed E-state index contributed by atoms with van der Waals surface area (Å²) in [5, 5.41) is 21.3. The lowest BCUT2D eigenvalue weighted by molar-refractivity contribution is -0.0365. The molecule has 7 nitrogen and oxygen atoms in total. The van der Waals surface area contributed by atoms with Crippen LogP contribution in [0.5, 0.6) is 0 Å². The number of nitrogens with one attached hydrogen (secondary N) is 1. The second-order valence-electron chi connectivity index (χ2n) is 5.71. The highest BCUT2D eigenvalue weighted by Gasteiger charge is 2.10. The summed E-state index contributed by atoms with van der Waals surface area (Å²) < 4.78 is 12.1. The molecular formula is C14H28N4O3. The van der Waals surface area contributed by atoms with Crippen LogP contribution < -0.4 is 5.32 Å². The summed E-state index contributed by atoms with van der Waals surface area (Å²) in [7, 11) is 1.63. The third kappa shape index (κ3) is 8.11. The fraction of sp³-hybridized carbons (Fsp3) is 0.857. The standard InChI is InChI=1S/C14H28N4O3/c1-11(2)5-15-6-13-7-18(17-16-13)8-14(19)10-21-12(3)9-20-4/h7,11-12,14-15,19H,5-6,8-10H2,1-4H3. The number of ether oxygens (including phenoxy) is 2. The van der Waals surface area contributed by atoms with E-state index < -0.39 is 6.10 Å². The van der Waals surface area contributed by atoms with Crippen molar-refractivity contribution in [1.29, 1.82) is 0 Å². The molecule has 0 saturated heterocycles. The number of hydrogen-bond donors (Lipinski definition) is 2. The highest BCUT2D eigenvalue weighted by Crippen LogP contribution is 1.99. The molecule has 122 valence electrons. The smallest absolute Gasteiger partial charge is 0.0969 e. The zero-order chi connectivity index (χ0) is 15.7. The summed E-state index contributed by atoms with van der Waals surface area (Å²) in [5.41, 5.74) is 0.872. The molecule has 0 saturated carbocycles. The van der Waals surface area contributed by atoms with E-state index in [2.05, 4.69) is 29.5 Å². The van der Waals surface area contributed by atoms with Gasteiger partial charge in [-0.15, -0.1) is 5.10 Å². The summed E-state index contributed by atoms with van der Waals surface area (Å²) >= 11 is 0. The third-order valence-electron chi connectivity index (χ3n) is 2.82. The molecule has 0 aliphatic rings. The van der Waals surface area contributed by atoms with E-state index in [1.54, 1.807) is 11.8 Å². The van der Waals surface area contributed by atoms with Gasteiger partial charge >= 0.3 is 0 Å². The second-order valence-corrected chi connectivity index (χ2v) is 5.71. The van der Waals surface area contributed by atoms with Crippen LogP contribution in [0.25, 0.3) is 0 Å². The topological polar surface area (TPSA) is 81.4 Å². The van der Waals surface area contributed by atoms with Crippen LogP contribution in [0, 0.1) is 5.92 Å². The van der Waals surface area contributed by atoms with Crippen molar-refractivity contribution in [1.82, 2.24) is 20.3 Å². The Morgan fingerprint density at radius 3 is 2.76 bits per heavy atom. The molecule has 0 aliphatic carbocycles. The van der Waals surface area contributed by atoms with E-state index in [4.69, 9.17) is 9.47 Å². The summed E-state index contributed by atoms with van der Waals surface area (Å²) in [6.07, 6.45) is 1.20. The van der Waals surface area contributed by atoms with Crippen molar-refractivity contribution in [2.24, 2.45) is 5.92 Å². The van der Waals surface area contributed by atoms with Crippen LogP contribution in [0.1, 0.15) is 26.5 Å². The molecule has 0 amide bonds. The van der Waals surface area contributed by atoms with Crippen molar-refractivity contribution in [3.05, 3.63) is 11.9 Å². The Labute approximate surface area is 126 Å². The van der Waals surface area contributed by atoms with Gasteiger partial charge in [-0.3, -0.25) is 0 Å². The fourth-order valence-electron chi connectivity index (χ4n) is 1.82. The van der Waals surface area contributed by atoms with E-state index in [0.29, 0.717) is 25.6 Å². The summed E-state index contributed by atoms with van der Waals surface area (Å²) in [4.78, 5) is 0. The van der Waals surface area contributed by atoms with Gasteiger partial charge in [0, 0.05) is 19.9 Å². The first-order valence-corrected chi connectivity index (χ1v) is 7.39. The summed E-state index contributed by atoms with van der Waals surface area (Å²) in [5.74, 6) is 0.605. The molecule has 0 aromatic carbocycles. The van der Waals surface area contributed by atoms with Gasteiger partial charge in [-0.05, 0) is 19.4 Å². The molecule has 1 aromatic heterocycles. The Hall–Kier alpha value is -1.02. The van der Waals surface area contributed by atoms with E-state index in [-0.39, 0.29) is 12.7 Å². The van der Waals surface area contributed by atoms with Gasteiger partial charge in [0.15, 0.2) is 0 Å². The fourth-order valence-corrected chi connectivity index (χ4v) is 1.82. The third-order valence-corrected chi connectivity index (χ3v) is 2.82. The molecule has 1 rings (SSSR count). The minimum absolute atomic E-state index is 0.0313. The maximum Gasteiger partial charge on any atom is 0.0969 e. The molecule has 0 fully saturated rings. The van der Waals surface area contributed by atoms with Crippen LogP contribution in [0.3, 0.4) is 0 Å². The first kappa shape index (κ1) is 18.0. The van der Waals surface area contributed by atoms with Gasteiger partial charge in [0.25, 0.3) is 0 Å². The minimum Gasteiger partial charge on any atom is -0.389 e. The van der Waals surface area contributed by atoms with Gasteiger partial charge in [0.2, 0.25) is 0 Å². The van der Waals surface area contributed by atoms with E-state index in [0.717, 1.165) is 12.2 Å². The van der Waals surface area contributed by atoms with Crippen LogP contribution in [0.4, 0.5) is 0 Å². The van der Waals surface area contributed by atoms with Gasteiger partial charge in [-0.1, -0.05) is 19.1 Å². The molecule has 2 atom stereocenters. The van der Waals surface area contributed by atoms with Gasteiger partial charge in [-0.25, -0.2) is 4.68 Å². The Morgan fingerprint density at radius 2 is 2.10 bits per heavy atom. The molecular weight excluding hydrogens is 272 g/mol. The predicted molar refractivity (Wildman–Crippen MR) is 79.9 cm³/mol. The Balaban J connectivity index is 2.26. The van der Waals surface area contributed by atoms with Crippen LogP contribution in [0.2, 0.25) is 0 Å². The van der Waals surface area contributed by atoms with E-state index >= 15 is 0 Å². The van der Waals surface area contributed by atoms with E-state index in [1.807, 2.05) is 13.1 Å². The number of methoxy groups -OCH3 is 1. The van der Waals surface area contributed by atoms with E-state index in [9.17, 15) is 5.11 Å². The summed E-state index contributed by atoms with van der Waals surface area (Å²) in [6, 6.07) is 0. The Morgan fingerprint density at radius 1 is 1.33 bits per heavy atom. The van der Waals surface area contributed by atoms with Gasteiger partial charge in [0.1, 0.15) is 0 Å². The van der Waals surface area contributed by atoms with Crippen LogP contribution >= 0.6 is 0 Å². The second kappa shape index (κ2) is 9.83. The molecule has 0 aliphatic heterocycles. The Bertz CT molecular complexity index is 384. The van der Waals surface area contributed by atoms with Crippen molar-refractivity contribution in [2.45, 2.75) is 46.1 Å². The SMILES string of the molecule is COCC(C)OCC(O)Cn1cc(CNCC(C)C)nn1. The molecule has 1 heterocycles. The predicted octanol–water partition coefficient (Wildman–Crippen LogP) is 0.436. The summed E-state index contributed by atoms with van der Waals surface area (Å²) in [6.45, 7) is 9.00. The molecule has 21 heavy (non-hydrogen) atoms. The highest BCUT2D eigenvalue weighted by molar-refractivity contribution is 4.91. The molecule has 2 N–H and O–H groups in total. The normalized spacial score (nSPS) is 14.6. The van der Waals surface area contributed by atoms with Gasteiger partial charge in [-0.2, -0.15) is 0 Å². The first-order chi connectivity index (χ1) is 10.0. The first-order valence-electron chi connectivity index (χ1n) is 7.39. The largest absolute Gasteiger partial charge is 0.389 e. The monoisotopic (exact) mass is 300 g/mol. The van der Waals surface area contributed by atoms with Crippen LogP contribution in [-0.2, 0) is 22.6 Å². The van der Waals surface area contributed by atoms with Gasteiger partial charge in [0.05, 0.1) is 37.7 Å². The number of hydrogen-bond acceptors (Lipinski definition) is 6. The number of aliphatic hydroxyl groups excluding tert-OH is 1. The molecule has 0 bridgehead atoms. The average Bonchev–Trinajstić information content (AvgIpc) is 2.84. The zero-order valence-electron chi connectivity index (χ0n) is 13.5. The maximum atomic E-state index is 9.91. The molecule has 0 spiro atoms. The maximum absolute atomic E-state index is 9.91. The lowest BCUT2D eigenvalue weighted by Gasteiger charge is -2.15. The van der Waals surface area contributed by atoms with Crippen molar-refractivity contribution in [3.63, 3.8) is 0 Å². The lowest BCUT2D eigenvalue weighted by Crippen LogP contribution is -2.26. The molecule has 7 heteroatoms. The lowest BCUT2D eigenvalue weighted by atomic mass is 10.2. The molecule has 2 unspecified atom stereocenters. The molecule has 0 radical (unpaired) electrons. The Kier molecular flexibility index (Phi) is 8.44. The van der Waals surface area contributed by atoms with Crippen molar-refractivity contribution in [3.8, 4) is 0 Å². The minimum atomic E-state index is -0.609. The average molecular weight is 300 g/mol. The van der Waals surface area contributed by atoms with Crippen molar-refractivity contribution < 1.29 is 14.6 Å². The zero-order valence-corrected chi connectivity index (χ0v) is 13.5. The van der Waals surface area contributed by atoms with E-state index in [1.165, 1.54) is 0 Å². The van der Waals surface area contributed by atoms with Crippen molar-refractivity contribution in [2.75, 3.05) is 26.9 Å². The van der Waals surface area contributed by atoms with Crippen LogP contribution in [-0.4, -0.2) is 59.2 Å².